The van der Waals surface area contributed by atoms with E-state index in [1.54, 1.807) is 6.07 Å². The summed E-state index contributed by atoms with van der Waals surface area (Å²) in [6, 6.07) is 8.77. The van der Waals surface area contributed by atoms with Crippen LogP contribution in [0.4, 0.5) is 33.7 Å². The standard InChI is InChI=1S/C16H11F4N3OS/c17-9-1-6-13-12(7-9)14(8-21-13)23-15(24)22-10-2-4-11(5-3-10)25-16(18,19)20/h1-8,21H,(H2,22,23,24). The number of benzene rings is 2. The summed E-state index contributed by atoms with van der Waals surface area (Å²) in [6.07, 6.45) is 1.52. The Morgan fingerprint density at radius 3 is 2.44 bits per heavy atom. The number of amides is 2. The van der Waals surface area contributed by atoms with Gasteiger partial charge in [-0.05, 0) is 54.2 Å². The number of hydrogen-bond donors (Lipinski definition) is 3. The monoisotopic (exact) mass is 369 g/mol. The Labute approximate surface area is 143 Å². The largest absolute Gasteiger partial charge is 0.446 e. The van der Waals surface area contributed by atoms with Crippen molar-refractivity contribution in [2.75, 3.05) is 10.6 Å². The van der Waals surface area contributed by atoms with Crippen LogP contribution in [0.3, 0.4) is 0 Å². The van der Waals surface area contributed by atoms with Crippen LogP contribution < -0.4 is 10.6 Å². The van der Waals surface area contributed by atoms with Crippen LogP contribution in [0.15, 0.2) is 53.6 Å². The van der Waals surface area contributed by atoms with Crippen molar-refractivity contribution in [1.82, 2.24) is 4.98 Å². The van der Waals surface area contributed by atoms with Gasteiger partial charge in [0.15, 0.2) is 0 Å². The number of nitrogens with one attached hydrogen (secondary N) is 3. The maximum absolute atomic E-state index is 13.3. The van der Waals surface area contributed by atoms with Crippen molar-refractivity contribution in [3.8, 4) is 0 Å². The summed E-state index contributed by atoms with van der Waals surface area (Å²) in [5.41, 5.74) is -2.99. The molecule has 25 heavy (non-hydrogen) atoms. The molecule has 3 N–H and O–H groups in total. The van der Waals surface area contributed by atoms with Gasteiger partial charge in [0.25, 0.3) is 0 Å². The zero-order valence-corrected chi connectivity index (χ0v) is 13.3. The predicted molar refractivity (Wildman–Crippen MR) is 89.3 cm³/mol. The Morgan fingerprint density at radius 1 is 1.04 bits per heavy atom. The summed E-state index contributed by atoms with van der Waals surface area (Å²) in [6.45, 7) is 0. The lowest BCUT2D eigenvalue weighted by molar-refractivity contribution is -0.0328. The molecule has 4 nitrogen and oxygen atoms in total. The van der Waals surface area contributed by atoms with Gasteiger partial charge in [-0.3, -0.25) is 0 Å². The van der Waals surface area contributed by atoms with Crippen molar-refractivity contribution in [2.24, 2.45) is 0 Å². The molecule has 3 aromatic rings. The van der Waals surface area contributed by atoms with Gasteiger partial charge in [-0.15, -0.1) is 0 Å². The highest BCUT2D eigenvalue weighted by atomic mass is 32.2. The zero-order valence-electron chi connectivity index (χ0n) is 12.4. The minimum atomic E-state index is -4.36. The van der Waals surface area contributed by atoms with Crippen molar-refractivity contribution in [3.05, 3.63) is 54.5 Å². The van der Waals surface area contributed by atoms with E-state index in [0.717, 1.165) is 0 Å². The molecule has 0 bridgehead atoms. The van der Waals surface area contributed by atoms with Gasteiger partial charge in [-0.2, -0.15) is 13.2 Å². The van der Waals surface area contributed by atoms with Gasteiger partial charge < -0.3 is 15.6 Å². The molecule has 0 aliphatic heterocycles. The number of anilines is 2. The lowest BCUT2D eigenvalue weighted by Gasteiger charge is -2.09. The van der Waals surface area contributed by atoms with E-state index >= 15 is 0 Å². The van der Waals surface area contributed by atoms with Crippen LogP contribution in [0.2, 0.25) is 0 Å². The van der Waals surface area contributed by atoms with E-state index < -0.39 is 17.4 Å². The average molecular weight is 369 g/mol. The summed E-state index contributed by atoms with van der Waals surface area (Å²) < 4.78 is 50.1. The minimum absolute atomic E-state index is 0.0190. The molecule has 0 fully saturated rings. The highest BCUT2D eigenvalue weighted by Gasteiger charge is 2.29. The summed E-state index contributed by atoms with van der Waals surface area (Å²) in [7, 11) is 0. The van der Waals surface area contributed by atoms with E-state index in [2.05, 4.69) is 15.6 Å². The Bertz CT molecular complexity index is 906. The molecule has 1 heterocycles. The molecule has 1 aromatic heterocycles. The predicted octanol–water partition coefficient (Wildman–Crippen LogP) is 5.56. The Hall–Kier alpha value is -2.68. The van der Waals surface area contributed by atoms with E-state index in [4.69, 9.17) is 0 Å². The van der Waals surface area contributed by atoms with E-state index in [1.807, 2.05) is 0 Å². The molecule has 9 heteroatoms. The van der Waals surface area contributed by atoms with Crippen molar-refractivity contribution in [1.29, 1.82) is 0 Å². The summed E-state index contributed by atoms with van der Waals surface area (Å²) in [4.78, 5) is 14.9. The number of urea groups is 1. The van der Waals surface area contributed by atoms with Gasteiger partial charge in [-0.25, -0.2) is 9.18 Å². The van der Waals surface area contributed by atoms with Gasteiger partial charge in [0, 0.05) is 27.7 Å². The topological polar surface area (TPSA) is 56.9 Å². The summed E-state index contributed by atoms with van der Waals surface area (Å²) in [5.74, 6) is -0.437. The molecule has 3 rings (SSSR count). The number of halogens is 4. The third-order valence-electron chi connectivity index (χ3n) is 3.24. The molecule has 0 aliphatic carbocycles. The Kier molecular flexibility index (Phi) is 4.58. The van der Waals surface area contributed by atoms with Crippen LogP contribution in [0.5, 0.6) is 0 Å². The first-order valence-electron chi connectivity index (χ1n) is 7.01. The fraction of sp³-hybridized carbons (Fsp3) is 0.0625. The van der Waals surface area contributed by atoms with Gasteiger partial charge >= 0.3 is 11.5 Å². The maximum atomic E-state index is 13.3. The second-order valence-corrected chi connectivity index (χ2v) is 6.18. The van der Waals surface area contributed by atoms with Crippen molar-refractivity contribution < 1.29 is 22.4 Å². The second-order valence-electron chi connectivity index (χ2n) is 5.04. The number of H-pyrrole nitrogens is 1. The number of thioether (sulfide) groups is 1. The molecule has 0 spiro atoms. The van der Waals surface area contributed by atoms with E-state index in [-0.39, 0.29) is 16.7 Å². The SMILES string of the molecule is O=C(Nc1ccc(SC(F)(F)F)cc1)Nc1c[nH]c2ccc(F)cc12. The Morgan fingerprint density at radius 2 is 1.76 bits per heavy atom. The molecular weight excluding hydrogens is 358 g/mol. The molecule has 0 saturated heterocycles. The lowest BCUT2D eigenvalue weighted by atomic mass is 10.2. The van der Waals surface area contributed by atoms with E-state index in [9.17, 15) is 22.4 Å². The van der Waals surface area contributed by atoms with Crippen molar-refractivity contribution in [2.45, 2.75) is 10.4 Å². The second kappa shape index (κ2) is 6.67. The fourth-order valence-electron chi connectivity index (χ4n) is 2.22. The number of hydrogen-bond acceptors (Lipinski definition) is 2. The molecule has 0 atom stereocenters. The van der Waals surface area contributed by atoms with E-state index in [0.29, 0.717) is 22.3 Å². The number of alkyl halides is 3. The molecule has 0 unspecified atom stereocenters. The number of aromatic amines is 1. The highest BCUT2D eigenvalue weighted by molar-refractivity contribution is 8.00. The van der Waals surface area contributed by atoms with Gasteiger partial charge in [-0.1, -0.05) is 0 Å². The highest BCUT2D eigenvalue weighted by Crippen LogP contribution is 2.37. The lowest BCUT2D eigenvalue weighted by Crippen LogP contribution is -2.19. The summed E-state index contributed by atoms with van der Waals surface area (Å²) in [5, 5.41) is 5.57. The molecule has 2 amide bonds. The van der Waals surface area contributed by atoms with Crippen LogP contribution in [-0.2, 0) is 0 Å². The van der Waals surface area contributed by atoms with Crippen LogP contribution in [0.1, 0.15) is 0 Å². The third-order valence-corrected chi connectivity index (χ3v) is 3.98. The Balaban J connectivity index is 1.67. The average Bonchev–Trinajstić information content (AvgIpc) is 2.90. The molecule has 0 radical (unpaired) electrons. The molecule has 0 aliphatic rings. The van der Waals surface area contributed by atoms with Crippen LogP contribution in [0, 0.1) is 5.82 Å². The molecule has 0 saturated carbocycles. The first kappa shape index (κ1) is 17.2. The van der Waals surface area contributed by atoms with Crippen LogP contribution in [0.25, 0.3) is 10.9 Å². The number of fused-ring (bicyclic) bond motifs is 1. The first-order chi connectivity index (χ1) is 11.8. The maximum Gasteiger partial charge on any atom is 0.446 e. The fourth-order valence-corrected chi connectivity index (χ4v) is 2.76. The molecule has 130 valence electrons. The smallest absolute Gasteiger partial charge is 0.359 e. The van der Waals surface area contributed by atoms with Crippen LogP contribution >= 0.6 is 11.8 Å². The van der Waals surface area contributed by atoms with Gasteiger partial charge in [0.1, 0.15) is 5.82 Å². The minimum Gasteiger partial charge on any atom is -0.359 e. The number of carbonyl (C=O) groups is 1. The third kappa shape index (κ3) is 4.44. The normalized spacial score (nSPS) is 11.5. The van der Waals surface area contributed by atoms with E-state index in [1.165, 1.54) is 42.6 Å². The van der Waals surface area contributed by atoms with Gasteiger partial charge in [0.05, 0.1) is 5.69 Å². The van der Waals surface area contributed by atoms with Crippen LogP contribution in [-0.4, -0.2) is 16.5 Å². The first-order valence-corrected chi connectivity index (χ1v) is 7.82. The number of carbonyl (C=O) groups excluding carboxylic acids is 1. The number of aromatic nitrogens is 1. The van der Waals surface area contributed by atoms with Crippen molar-refractivity contribution in [3.63, 3.8) is 0 Å². The van der Waals surface area contributed by atoms with Gasteiger partial charge in [0.2, 0.25) is 0 Å². The van der Waals surface area contributed by atoms with Crippen molar-refractivity contribution >= 4 is 40.1 Å². The number of rotatable bonds is 3. The molecule has 2 aromatic carbocycles. The summed E-state index contributed by atoms with van der Waals surface area (Å²) >= 11 is -0.233. The zero-order chi connectivity index (χ0) is 18.0. The quantitative estimate of drug-likeness (QED) is 0.418. The molecular formula is C16H11F4N3OS.